The van der Waals surface area contributed by atoms with Crippen LogP contribution in [-0.2, 0) is 0 Å². The minimum Gasteiger partial charge on any atom is -0.495 e. The largest absolute Gasteiger partial charge is 0.495 e. The molecule has 0 aromatic carbocycles. The minimum atomic E-state index is 0.177. The van der Waals surface area contributed by atoms with E-state index in [4.69, 9.17) is 4.74 Å². The molecule has 0 aliphatic heterocycles. The molecule has 1 saturated carbocycles. The van der Waals surface area contributed by atoms with Crippen LogP contribution < -0.4 is 10.1 Å². The fourth-order valence-corrected chi connectivity index (χ4v) is 3.10. The van der Waals surface area contributed by atoms with Crippen LogP contribution >= 0.6 is 0 Å². The molecule has 1 fully saturated rings. The van der Waals surface area contributed by atoms with Crippen molar-refractivity contribution in [2.75, 3.05) is 13.7 Å². The summed E-state index contributed by atoms with van der Waals surface area (Å²) in [6.45, 7) is 7.75. The van der Waals surface area contributed by atoms with Gasteiger partial charge in [0.05, 0.1) is 12.8 Å². The normalized spacial score (nSPS) is 23.6. The molecule has 20 heavy (non-hydrogen) atoms. The van der Waals surface area contributed by atoms with Crippen LogP contribution in [0.15, 0.2) is 18.3 Å². The maximum Gasteiger partial charge on any atom is 0.140 e. The van der Waals surface area contributed by atoms with E-state index in [1.807, 2.05) is 18.3 Å². The summed E-state index contributed by atoms with van der Waals surface area (Å²) in [6.07, 6.45) is 7.04. The molecule has 1 aromatic rings. The lowest BCUT2D eigenvalue weighted by Crippen LogP contribution is -2.41. The van der Waals surface area contributed by atoms with Crippen molar-refractivity contribution >= 4 is 0 Å². The van der Waals surface area contributed by atoms with Gasteiger partial charge >= 0.3 is 0 Å². The third-order valence-corrected chi connectivity index (χ3v) is 4.17. The van der Waals surface area contributed by atoms with Crippen LogP contribution in [0.5, 0.6) is 5.75 Å². The number of hydrogen-bond donors (Lipinski definition) is 1. The van der Waals surface area contributed by atoms with Crippen molar-refractivity contribution in [3.63, 3.8) is 0 Å². The van der Waals surface area contributed by atoms with Crippen LogP contribution in [0.25, 0.3) is 0 Å². The highest BCUT2D eigenvalue weighted by atomic mass is 16.5. The van der Waals surface area contributed by atoms with Gasteiger partial charge in [0.2, 0.25) is 0 Å². The summed E-state index contributed by atoms with van der Waals surface area (Å²) in [5, 5.41) is 3.66. The van der Waals surface area contributed by atoms with E-state index in [2.05, 4.69) is 31.1 Å². The van der Waals surface area contributed by atoms with Gasteiger partial charge in [-0.15, -0.1) is 0 Å². The lowest BCUT2D eigenvalue weighted by atomic mass is 9.76. The fraction of sp³-hybridized carbons (Fsp3) is 0.706. The summed E-state index contributed by atoms with van der Waals surface area (Å²) in [6, 6.07) is 3.98. The molecule has 0 spiro atoms. The zero-order valence-electron chi connectivity index (χ0n) is 13.3. The maximum absolute atomic E-state index is 5.51. The van der Waals surface area contributed by atoms with Crippen molar-refractivity contribution in [3.8, 4) is 5.75 Å². The average Bonchev–Trinajstić information content (AvgIpc) is 2.44. The summed E-state index contributed by atoms with van der Waals surface area (Å²) >= 11 is 0. The first kappa shape index (κ1) is 15.3. The second kappa shape index (κ2) is 6.57. The number of methoxy groups -OCH3 is 1. The molecule has 0 radical (unpaired) electrons. The van der Waals surface area contributed by atoms with Crippen LogP contribution in [0.3, 0.4) is 0 Å². The van der Waals surface area contributed by atoms with E-state index in [-0.39, 0.29) is 5.54 Å². The molecule has 0 amide bonds. The van der Waals surface area contributed by atoms with E-state index in [1.165, 1.54) is 25.7 Å². The Balaban J connectivity index is 2.14. The summed E-state index contributed by atoms with van der Waals surface area (Å²) in [4.78, 5) is 4.62. The molecule has 1 heterocycles. The number of pyridine rings is 1. The molecule has 1 aliphatic rings. The van der Waals surface area contributed by atoms with Crippen molar-refractivity contribution in [2.45, 2.75) is 57.9 Å². The highest BCUT2D eigenvalue weighted by molar-refractivity contribution is 5.30. The van der Waals surface area contributed by atoms with Crippen LogP contribution in [0.2, 0.25) is 0 Å². The van der Waals surface area contributed by atoms with Crippen LogP contribution in [-0.4, -0.2) is 24.2 Å². The van der Waals surface area contributed by atoms with E-state index in [0.29, 0.717) is 11.8 Å². The zero-order chi connectivity index (χ0) is 14.6. The summed E-state index contributed by atoms with van der Waals surface area (Å²) in [5.74, 6) is 2.13. The zero-order valence-corrected chi connectivity index (χ0v) is 13.3. The monoisotopic (exact) mass is 276 g/mol. The number of aromatic nitrogens is 1. The smallest absolute Gasteiger partial charge is 0.140 e. The van der Waals surface area contributed by atoms with Gasteiger partial charge in [0, 0.05) is 17.7 Å². The van der Waals surface area contributed by atoms with Gasteiger partial charge in [0.15, 0.2) is 0 Å². The van der Waals surface area contributed by atoms with Gasteiger partial charge in [-0.3, -0.25) is 4.98 Å². The minimum absolute atomic E-state index is 0.177. The Morgan fingerprint density at radius 3 is 2.75 bits per heavy atom. The van der Waals surface area contributed by atoms with E-state index >= 15 is 0 Å². The number of hydrogen-bond acceptors (Lipinski definition) is 3. The van der Waals surface area contributed by atoms with Gasteiger partial charge < -0.3 is 10.1 Å². The molecule has 0 saturated heterocycles. The average molecular weight is 276 g/mol. The first-order valence-electron chi connectivity index (χ1n) is 7.75. The lowest BCUT2D eigenvalue weighted by molar-refractivity contribution is 0.260. The van der Waals surface area contributed by atoms with Gasteiger partial charge in [-0.1, -0.05) is 12.8 Å². The van der Waals surface area contributed by atoms with Crippen LogP contribution in [0.1, 0.15) is 58.1 Å². The molecular weight excluding hydrogens is 248 g/mol. The van der Waals surface area contributed by atoms with Crippen molar-refractivity contribution in [3.05, 3.63) is 24.0 Å². The molecule has 1 N–H and O–H groups in total. The number of nitrogens with zero attached hydrogens (tertiary/aromatic N) is 1. The Labute approximate surface area is 123 Å². The van der Waals surface area contributed by atoms with Gasteiger partial charge in [0.1, 0.15) is 5.75 Å². The summed E-state index contributed by atoms with van der Waals surface area (Å²) < 4.78 is 5.51. The fourth-order valence-electron chi connectivity index (χ4n) is 3.10. The Bertz CT molecular complexity index is 425. The molecule has 2 atom stereocenters. The third-order valence-electron chi connectivity index (χ3n) is 4.17. The topological polar surface area (TPSA) is 34.1 Å². The molecular formula is C17H28N2O. The molecule has 1 aliphatic carbocycles. The molecule has 1 aromatic heterocycles. The van der Waals surface area contributed by atoms with E-state index < -0.39 is 0 Å². The van der Waals surface area contributed by atoms with Gasteiger partial charge in [-0.25, -0.2) is 0 Å². The van der Waals surface area contributed by atoms with Crippen molar-refractivity contribution in [1.29, 1.82) is 0 Å². The third kappa shape index (κ3) is 3.95. The number of nitrogens with one attached hydrogen (secondary N) is 1. The molecule has 3 nitrogen and oxygen atoms in total. The highest BCUT2D eigenvalue weighted by Crippen LogP contribution is 2.40. The van der Waals surface area contributed by atoms with Crippen molar-refractivity contribution in [2.24, 2.45) is 5.92 Å². The first-order valence-corrected chi connectivity index (χ1v) is 7.75. The first-order chi connectivity index (χ1) is 9.51. The number of rotatable bonds is 4. The predicted octanol–water partition coefficient (Wildman–Crippen LogP) is 3.75. The molecule has 2 unspecified atom stereocenters. The van der Waals surface area contributed by atoms with Gasteiger partial charge in [0.25, 0.3) is 0 Å². The highest BCUT2D eigenvalue weighted by Gasteiger charge is 2.30. The van der Waals surface area contributed by atoms with Gasteiger partial charge in [-0.05, 0) is 58.2 Å². The number of ether oxygens (including phenoxy) is 1. The second-order valence-corrected chi connectivity index (χ2v) is 6.87. The van der Waals surface area contributed by atoms with Crippen molar-refractivity contribution < 1.29 is 4.74 Å². The molecule has 2 rings (SSSR count). The molecule has 112 valence electrons. The Hall–Kier alpha value is -1.09. The Kier molecular flexibility index (Phi) is 5.03. The SMILES string of the molecule is COc1cccnc1C1CCCCC1CNC(C)(C)C. The summed E-state index contributed by atoms with van der Waals surface area (Å²) in [7, 11) is 1.74. The Morgan fingerprint density at radius 1 is 1.30 bits per heavy atom. The van der Waals surface area contributed by atoms with Gasteiger partial charge in [-0.2, -0.15) is 0 Å². The van der Waals surface area contributed by atoms with E-state index in [0.717, 1.165) is 18.0 Å². The molecule has 0 bridgehead atoms. The van der Waals surface area contributed by atoms with E-state index in [9.17, 15) is 0 Å². The van der Waals surface area contributed by atoms with Crippen LogP contribution in [0, 0.1) is 5.92 Å². The molecule has 3 heteroatoms. The quantitative estimate of drug-likeness (QED) is 0.909. The lowest BCUT2D eigenvalue weighted by Gasteiger charge is -2.34. The maximum atomic E-state index is 5.51. The van der Waals surface area contributed by atoms with Crippen molar-refractivity contribution in [1.82, 2.24) is 10.3 Å². The Morgan fingerprint density at radius 2 is 2.05 bits per heavy atom. The summed E-state index contributed by atoms with van der Waals surface area (Å²) in [5.41, 5.74) is 1.33. The van der Waals surface area contributed by atoms with E-state index in [1.54, 1.807) is 7.11 Å². The predicted molar refractivity (Wildman–Crippen MR) is 83.2 cm³/mol. The van der Waals surface area contributed by atoms with Crippen LogP contribution in [0.4, 0.5) is 0 Å². The standard InChI is InChI=1S/C17H28N2O/c1-17(2,3)19-12-13-8-5-6-9-14(13)16-15(20-4)10-7-11-18-16/h7,10-11,13-14,19H,5-6,8-9,12H2,1-4H3. The second-order valence-electron chi connectivity index (χ2n) is 6.87.